The van der Waals surface area contributed by atoms with Crippen molar-refractivity contribution < 1.29 is 4.79 Å². The summed E-state index contributed by atoms with van der Waals surface area (Å²) in [5.74, 6) is -0.496. The van der Waals surface area contributed by atoms with E-state index < -0.39 is 11.9 Å². The highest BCUT2D eigenvalue weighted by Crippen LogP contribution is 2.13. The first-order valence-electron chi connectivity index (χ1n) is 4.29. The average Bonchev–Trinajstić information content (AvgIpc) is 2.66. The van der Waals surface area contributed by atoms with Crippen molar-refractivity contribution in [3.63, 3.8) is 0 Å². The fourth-order valence-electron chi connectivity index (χ4n) is 0.940. The predicted octanol–water partition coefficient (Wildman–Crippen LogP) is -0.394. The molecule has 5 nitrogen and oxygen atoms in total. The molecule has 0 aromatic carbocycles. The minimum atomic E-state index is -0.641. The third-order valence-electron chi connectivity index (χ3n) is 1.83. The van der Waals surface area contributed by atoms with Gasteiger partial charge in [-0.3, -0.25) is 4.79 Å². The fraction of sp³-hybridized carbons (Fsp3) is 0.500. The molecule has 1 heterocycles. The zero-order valence-electron chi connectivity index (χ0n) is 7.93. The van der Waals surface area contributed by atoms with Crippen LogP contribution in [0.2, 0.25) is 0 Å². The van der Waals surface area contributed by atoms with Crippen molar-refractivity contribution in [1.29, 1.82) is 0 Å². The number of hydrogen-bond acceptors (Lipinski definition) is 5. The highest BCUT2D eigenvalue weighted by molar-refractivity contribution is 7.09. The van der Waals surface area contributed by atoms with E-state index in [0.717, 1.165) is 5.01 Å². The maximum Gasteiger partial charge on any atom is 0.235 e. The van der Waals surface area contributed by atoms with E-state index >= 15 is 0 Å². The van der Waals surface area contributed by atoms with Gasteiger partial charge in [-0.05, 0) is 6.92 Å². The van der Waals surface area contributed by atoms with E-state index in [1.165, 1.54) is 0 Å². The van der Waals surface area contributed by atoms with Gasteiger partial charge in [-0.1, -0.05) is 0 Å². The molecule has 0 aliphatic carbocycles. The first-order chi connectivity index (χ1) is 6.61. The van der Waals surface area contributed by atoms with Crippen LogP contribution in [-0.2, 0) is 4.79 Å². The van der Waals surface area contributed by atoms with E-state index in [4.69, 9.17) is 11.5 Å². The second kappa shape index (κ2) is 5.04. The van der Waals surface area contributed by atoms with Crippen molar-refractivity contribution in [3.05, 3.63) is 16.6 Å². The maximum atomic E-state index is 10.6. The van der Waals surface area contributed by atoms with Gasteiger partial charge in [0.05, 0.1) is 12.1 Å². The molecule has 6 heteroatoms. The number of rotatable bonds is 5. The summed E-state index contributed by atoms with van der Waals surface area (Å²) >= 11 is 1.56. The van der Waals surface area contributed by atoms with E-state index in [2.05, 4.69) is 10.3 Å². The summed E-state index contributed by atoms with van der Waals surface area (Å²) in [6, 6.07) is -0.544. The number of carbonyl (C=O) groups excluding carboxylic acids is 1. The Morgan fingerprint density at radius 2 is 2.50 bits per heavy atom. The molecule has 0 fully saturated rings. The van der Waals surface area contributed by atoms with Crippen LogP contribution in [0.5, 0.6) is 0 Å². The van der Waals surface area contributed by atoms with Gasteiger partial charge in [0.25, 0.3) is 0 Å². The lowest BCUT2D eigenvalue weighted by molar-refractivity contribution is -0.119. The Bertz CT molecular complexity index is 288. The lowest BCUT2D eigenvalue weighted by atomic mass is 10.2. The van der Waals surface area contributed by atoms with Gasteiger partial charge in [0, 0.05) is 18.1 Å². The lowest BCUT2D eigenvalue weighted by Gasteiger charge is -2.13. The molecule has 78 valence electrons. The molecule has 2 unspecified atom stereocenters. The molecular weight excluding hydrogens is 200 g/mol. The highest BCUT2D eigenvalue weighted by Gasteiger charge is 2.12. The lowest BCUT2D eigenvalue weighted by Crippen LogP contribution is -2.44. The SMILES string of the molecule is CC(NCC(N)C(N)=O)c1nccs1. The number of nitrogens with zero attached hydrogens (tertiary/aromatic N) is 1. The molecule has 2 atom stereocenters. The number of nitrogens with one attached hydrogen (secondary N) is 1. The zero-order chi connectivity index (χ0) is 10.6. The van der Waals surface area contributed by atoms with Crippen LogP contribution in [0.3, 0.4) is 0 Å². The van der Waals surface area contributed by atoms with Gasteiger partial charge in [0.2, 0.25) is 5.91 Å². The van der Waals surface area contributed by atoms with Crippen LogP contribution in [-0.4, -0.2) is 23.5 Å². The molecule has 0 bridgehead atoms. The monoisotopic (exact) mass is 214 g/mol. The van der Waals surface area contributed by atoms with Gasteiger partial charge >= 0.3 is 0 Å². The molecule has 0 spiro atoms. The van der Waals surface area contributed by atoms with Gasteiger partial charge < -0.3 is 16.8 Å². The van der Waals surface area contributed by atoms with E-state index in [1.807, 2.05) is 12.3 Å². The highest BCUT2D eigenvalue weighted by atomic mass is 32.1. The van der Waals surface area contributed by atoms with E-state index in [9.17, 15) is 4.79 Å². The Balaban J connectivity index is 2.35. The summed E-state index contributed by atoms with van der Waals surface area (Å²) in [6.45, 7) is 2.34. The van der Waals surface area contributed by atoms with Crippen LogP contribution in [0.15, 0.2) is 11.6 Å². The van der Waals surface area contributed by atoms with Crippen LogP contribution in [0.25, 0.3) is 0 Å². The second-order valence-corrected chi connectivity index (χ2v) is 3.94. The molecule has 0 radical (unpaired) electrons. The number of amides is 1. The maximum absolute atomic E-state index is 10.6. The quantitative estimate of drug-likeness (QED) is 0.622. The van der Waals surface area contributed by atoms with Gasteiger partial charge in [0.15, 0.2) is 0 Å². The second-order valence-electron chi connectivity index (χ2n) is 3.01. The smallest absolute Gasteiger partial charge is 0.235 e. The van der Waals surface area contributed by atoms with E-state index in [0.29, 0.717) is 6.54 Å². The molecule has 1 amide bonds. The Morgan fingerprint density at radius 1 is 1.79 bits per heavy atom. The standard InChI is InChI=1S/C8H14N4OS/c1-5(8-11-2-3-14-8)12-4-6(9)7(10)13/h2-3,5-6,12H,4,9H2,1H3,(H2,10,13). The normalized spacial score (nSPS) is 15.0. The minimum Gasteiger partial charge on any atom is -0.368 e. The number of carbonyl (C=O) groups is 1. The third kappa shape index (κ3) is 3.06. The van der Waals surface area contributed by atoms with Crippen LogP contribution >= 0.6 is 11.3 Å². The van der Waals surface area contributed by atoms with Gasteiger partial charge in [-0.25, -0.2) is 4.98 Å². The fourth-order valence-corrected chi connectivity index (χ4v) is 1.61. The Hall–Kier alpha value is -0.980. The first kappa shape index (κ1) is 11.1. The van der Waals surface area contributed by atoms with Gasteiger partial charge in [-0.2, -0.15) is 0 Å². The number of hydrogen-bond donors (Lipinski definition) is 3. The summed E-state index contributed by atoms with van der Waals surface area (Å²) in [5, 5.41) is 5.97. The molecule has 14 heavy (non-hydrogen) atoms. The van der Waals surface area contributed by atoms with E-state index in [-0.39, 0.29) is 6.04 Å². The van der Waals surface area contributed by atoms with Crippen molar-refractivity contribution in [1.82, 2.24) is 10.3 Å². The average molecular weight is 214 g/mol. The summed E-state index contributed by atoms with van der Waals surface area (Å²) in [5.41, 5.74) is 10.5. The third-order valence-corrected chi connectivity index (χ3v) is 2.79. The predicted molar refractivity (Wildman–Crippen MR) is 55.7 cm³/mol. The zero-order valence-corrected chi connectivity index (χ0v) is 8.75. The number of thiazole rings is 1. The number of nitrogens with two attached hydrogens (primary N) is 2. The molecule has 0 aliphatic heterocycles. The largest absolute Gasteiger partial charge is 0.368 e. The topological polar surface area (TPSA) is 94.0 Å². The van der Waals surface area contributed by atoms with Crippen molar-refractivity contribution >= 4 is 17.2 Å². The van der Waals surface area contributed by atoms with E-state index in [1.54, 1.807) is 17.5 Å². The molecule has 0 saturated heterocycles. The Kier molecular flexibility index (Phi) is 3.99. The van der Waals surface area contributed by atoms with Crippen LogP contribution < -0.4 is 16.8 Å². The van der Waals surface area contributed by atoms with Crippen LogP contribution in [0, 0.1) is 0 Å². The molecule has 0 saturated carbocycles. The first-order valence-corrected chi connectivity index (χ1v) is 5.17. The summed E-state index contributed by atoms with van der Waals surface area (Å²) in [7, 11) is 0. The summed E-state index contributed by atoms with van der Waals surface area (Å²) < 4.78 is 0. The molecule has 1 aromatic heterocycles. The number of primary amides is 1. The van der Waals surface area contributed by atoms with Crippen LogP contribution in [0.4, 0.5) is 0 Å². The summed E-state index contributed by atoms with van der Waals surface area (Å²) in [6.07, 6.45) is 1.74. The molecule has 0 aliphatic rings. The minimum absolute atomic E-state index is 0.0976. The molecule has 1 aromatic rings. The van der Waals surface area contributed by atoms with Crippen LogP contribution in [0.1, 0.15) is 18.0 Å². The molecule has 1 rings (SSSR count). The Morgan fingerprint density at radius 3 is 3.00 bits per heavy atom. The van der Waals surface area contributed by atoms with Crippen molar-refractivity contribution in [3.8, 4) is 0 Å². The molecule has 5 N–H and O–H groups in total. The van der Waals surface area contributed by atoms with Gasteiger partial charge in [0.1, 0.15) is 5.01 Å². The molecular formula is C8H14N4OS. The van der Waals surface area contributed by atoms with Gasteiger partial charge in [-0.15, -0.1) is 11.3 Å². The number of aromatic nitrogens is 1. The van der Waals surface area contributed by atoms with Crippen molar-refractivity contribution in [2.75, 3.05) is 6.54 Å². The van der Waals surface area contributed by atoms with Crippen molar-refractivity contribution in [2.45, 2.75) is 19.0 Å². The summed E-state index contributed by atoms with van der Waals surface area (Å²) in [4.78, 5) is 14.8. The Labute approximate surface area is 86.5 Å². The van der Waals surface area contributed by atoms with Crippen molar-refractivity contribution in [2.24, 2.45) is 11.5 Å².